The van der Waals surface area contributed by atoms with Crippen molar-refractivity contribution < 1.29 is 14.6 Å². The Kier molecular flexibility index (Phi) is 4.40. The Balaban J connectivity index is 1.62. The quantitative estimate of drug-likeness (QED) is 0.707. The molecule has 1 spiro atoms. The molecule has 154 valence electrons. The number of anilines is 1. The molecule has 0 saturated carbocycles. The van der Waals surface area contributed by atoms with Crippen LogP contribution in [0.3, 0.4) is 0 Å². The van der Waals surface area contributed by atoms with Crippen LogP contribution in [-0.4, -0.2) is 40.6 Å². The number of benzene rings is 2. The lowest BCUT2D eigenvalue weighted by molar-refractivity contribution is 0.0547. The summed E-state index contributed by atoms with van der Waals surface area (Å²) in [7, 11) is 1.93. The van der Waals surface area contributed by atoms with E-state index >= 15 is 0 Å². The molecule has 6 nitrogen and oxygen atoms in total. The Hall–Kier alpha value is -3.12. The van der Waals surface area contributed by atoms with Gasteiger partial charge >= 0.3 is 0 Å². The van der Waals surface area contributed by atoms with E-state index in [9.17, 15) is 9.90 Å². The molecular weight excluding hydrogens is 378 g/mol. The Morgan fingerprint density at radius 2 is 1.93 bits per heavy atom. The van der Waals surface area contributed by atoms with E-state index in [2.05, 4.69) is 17.2 Å². The van der Waals surface area contributed by atoms with E-state index in [-0.39, 0.29) is 17.1 Å². The molecule has 30 heavy (non-hydrogen) atoms. The number of rotatable bonds is 2. The number of phenols is 1. The number of nitrogens with zero attached hydrogens (tertiary/aromatic N) is 3. The first kappa shape index (κ1) is 18.9. The zero-order valence-corrected chi connectivity index (χ0v) is 17.3. The summed E-state index contributed by atoms with van der Waals surface area (Å²) in [5, 5.41) is 14.7. The zero-order chi connectivity index (χ0) is 20.9. The first-order valence-corrected chi connectivity index (χ1v) is 10.3. The van der Waals surface area contributed by atoms with Gasteiger partial charge in [0.1, 0.15) is 5.75 Å². The number of phenolic OH excluding ortho intramolecular Hbond substituents is 1. The van der Waals surface area contributed by atoms with E-state index in [1.165, 1.54) is 5.56 Å². The van der Waals surface area contributed by atoms with Crippen LogP contribution in [0.15, 0.2) is 48.7 Å². The third kappa shape index (κ3) is 2.91. The van der Waals surface area contributed by atoms with Crippen LogP contribution in [0.25, 0.3) is 11.1 Å². The van der Waals surface area contributed by atoms with Gasteiger partial charge in [-0.15, -0.1) is 0 Å². The maximum absolute atomic E-state index is 13.4. The minimum Gasteiger partial charge on any atom is -0.507 e. The third-order valence-electron chi connectivity index (χ3n) is 6.47. The highest BCUT2D eigenvalue weighted by atomic mass is 16.5. The minimum absolute atomic E-state index is 0.0135. The average Bonchev–Trinajstić information content (AvgIpc) is 3.25. The van der Waals surface area contributed by atoms with Gasteiger partial charge in [0.05, 0.1) is 11.3 Å². The molecule has 1 amide bonds. The zero-order valence-electron chi connectivity index (χ0n) is 17.3. The van der Waals surface area contributed by atoms with Gasteiger partial charge < -0.3 is 14.7 Å². The molecule has 0 unspecified atom stereocenters. The second kappa shape index (κ2) is 6.99. The molecular formula is C24H25N3O3. The summed E-state index contributed by atoms with van der Waals surface area (Å²) in [5.74, 6) is -0.150. The smallest absolute Gasteiger partial charge is 0.262 e. The molecule has 3 aromatic rings. The number of fused-ring (bicyclic) bond motifs is 2. The molecule has 1 saturated heterocycles. The first-order chi connectivity index (χ1) is 14.5. The Morgan fingerprint density at radius 3 is 2.63 bits per heavy atom. The number of hydrogen-bond donors (Lipinski definition) is 1. The summed E-state index contributed by atoms with van der Waals surface area (Å²) in [5.41, 5.74) is 5.53. The lowest BCUT2D eigenvalue weighted by Gasteiger charge is -2.34. The molecule has 2 aromatic carbocycles. The average molecular weight is 403 g/mol. The summed E-state index contributed by atoms with van der Waals surface area (Å²) in [6.07, 6.45) is 3.79. The third-order valence-corrected chi connectivity index (χ3v) is 6.47. The molecule has 6 heteroatoms. The van der Waals surface area contributed by atoms with Gasteiger partial charge in [0, 0.05) is 49.7 Å². The van der Waals surface area contributed by atoms with Crippen LogP contribution in [0.5, 0.6) is 5.75 Å². The molecule has 3 heterocycles. The second-order valence-electron chi connectivity index (χ2n) is 8.33. The summed E-state index contributed by atoms with van der Waals surface area (Å²) in [4.78, 5) is 15.2. The van der Waals surface area contributed by atoms with Crippen LogP contribution >= 0.6 is 0 Å². The van der Waals surface area contributed by atoms with Crippen molar-refractivity contribution in [3.05, 3.63) is 65.5 Å². The number of ether oxygens (including phenoxy) is 1. The predicted octanol–water partition coefficient (Wildman–Crippen LogP) is 3.81. The van der Waals surface area contributed by atoms with Crippen molar-refractivity contribution in [2.75, 3.05) is 24.7 Å². The second-order valence-corrected chi connectivity index (χ2v) is 8.33. The standard InChI is InChI=1S/C24H25N3O3/c1-16-19(14-26(2)25-16)17-7-8-21-20(13-17)24(9-11-30-12-10-24)15-27(21)23(29)18-5-3-4-6-22(18)28/h3-8,13-14,28H,9-12,15H2,1-2H3. The van der Waals surface area contributed by atoms with Crippen LogP contribution in [0.1, 0.15) is 34.5 Å². The van der Waals surface area contributed by atoms with Crippen molar-refractivity contribution >= 4 is 11.6 Å². The topological polar surface area (TPSA) is 67.6 Å². The molecule has 0 atom stereocenters. The lowest BCUT2D eigenvalue weighted by Crippen LogP contribution is -2.40. The highest BCUT2D eigenvalue weighted by Crippen LogP contribution is 2.48. The Labute approximate surface area is 175 Å². The highest BCUT2D eigenvalue weighted by molar-refractivity contribution is 6.09. The molecule has 1 fully saturated rings. The van der Waals surface area contributed by atoms with Crippen LogP contribution < -0.4 is 4.90 Å². The predicted molar refractivity (Wildman–Crippen MR) is 115 cm³/mol. The van der Waals surface area contributed by atoms with Crippen LogP contribution in [-0.2, 0) is 17.2 Å². The normalized spacial score (nSPS) is 17.3. The van der Waals surface area contributed by atoms with E-state index in [1.54, 1.807) is 24.3 Å². The molecule has 2 aliphatic heterocycles. The largest absolute Gasteiger partial charge is 0.507 e. The van der Waals surface area contributed by atoms with Gasteiger partial charge in [-0.1, -0.05) is 18.2 Å². The molecule has 5 rings (SSSR count). The Bertz CT molecular complexity index is 1130. The van der Waals surface area contributed by atoms with Gasteiger partial charge in [0.15, 0.2) is 0 Å². The highest BCUT2D eigenvalue weighted by Gasteiger charge is 2.46. The van der Waals surface area contributed by atoms with Crippen LogP contribution in [0.2, 0.25) is 0 Å². The SMILES string of the molecule is Cc1nn(C)cc1-c1ccc2c(c1)C1(CCOCC1)CN2C(=O)c1ccccc1O. The van der Waals surface area contributed by atoms with Crippen molar-refractivity contribution in [3.63, 3.8) is 0 Å². The van der Waals surface area contributed by atoms with Crippen molar-refractivity contribution in [2.45, 2.75) is 25.2 Å². The number of para-hydroxylation sites is 1. The lowest BCUT2D eigenvalue weighted by atomic mass is 9.75. The van der Waals surface area contributed by atoms with E-state index < -0.39 is 0 Å². The number of carbonyl (C=O) groups is 1. The van der Waals surface area contributed by atoms with Gasteiger partial charge in [-0.25, -0.2) is 0 Å². The maximum atomic E-state index is 13.4. The van der Waals surface area contributed by atoms with Gasteiger partial charge in [0.2, 0.25) is 0 Å². The summed E-state index contributed by atoms with van der Waals surface area (Å²) < 4.78 is 7.48. The molecule has 0 radical (unpaired) electrons. The fourth-order valence-electron chi connectivity index (χ4n) is 4.89. The summed E-state index contributed by atoms with van der Waals surface area (Å²) in [6, 6.07) is 13.1. The van der Waals surface area contributed by atoms with Crippen molar-refractivity contribution in [1.82, 2.24) is 9.78 Å². The number of carbonyl (C=O) groups excluding carboxylic acids is 1. The summed E-state index contributed by atoms with van der Waals surface area (Å²) >= 11 is 0. The van der Waals surface area contributed by atoms with Crippen LogP contribution in [0, 0.1) is 6.92 Å². The van der Waals surface area contributed by atoms with Crippen molar-refractivity contribution in [2.24, 2.45) is 7.05 Å². The fourth-order valence-corrected chi connectivity index (χ4v) is 4.89. The van der Waals surface area contributed by atoms with Gasteiger partial charge in [-0.05, 0) is 55.2 Å². The minimum atomic E-state index is -0.164. The Morgan fingerprint density at radius 1 is 1.17 bits per heavy atom. The number of aromatic hydroxyl groups is 1. The van der Waals surface area contributed by atoms with E-state index in [0.29, 0.717) is 25.3 Å². The fraction of sp³-hybridized carbons (Fsp3) is 0.333. The maximum Gasteiger partial charge on any atom is 0.262 e. The monoisotopic (exact) mass is 403 g/mol. The number of aryl methyl sites for hydroxylation is 2. The number of hydrogen-bond acceptors (Lipinski definition) is 4. The van der Waals surface area contributed by atoms with Crippen molar-refractivity contribution in [3.8, 4) is 16.9 Å². The van der Waals surface area contributed by atoms with E-state index in [1.807, 2.05) is 35.8 Å². The molecule has 0 bridgehead atoms. The summed E-state index contributed by atoms with van der Waals surface area (Å²) in [6.45, 7) is 4.00. The van der Waals surface area contributed by atoms with Gasteiger partial charge in [-0.3, -0.25) is 9.48 Å². The van der Waals surface area contributed by atoms with Gasteiger partial charge in [-0.2, -0.15) is 5.10 Å². The molecule has 0 aliphatic carbocycles. The van der Waals surface area contributed by atoms with E-state index in [4.69, 9.17) is 4.74 Å². The van der Waals surface area contributed by atoms with Crippen LogP contribution in [0.4, 0.5) is 5.69 Å². The van der Waals surface area contributed by atoms with E-state index in [0.717, 1.165) is 35.3 Å². The number of amides is 1. The molecule has 1 N–H and O–H groups in total. The van der Waals surface area contributed by atoms with Gasteiger partial charge in [0.25, 0.3) is 5.91 Å². The molecule has 1 aromatic heterocycles. The van der Waals surface area contributed by atoms with Crippen molar-refractivity contribution in [1.29, 1.82) is 0 Å². The first-order valence-electron chi connectivity index (χ1n) is 10.3. The molecule has 2 aliphatic rings. The number of aromatic nitrogens is 2.